The quantitative estimate of drug-likeness (QED) is 0.684. The van der Waals surface area contributed by atoms with Gasteiger partial charge >= 0.3 is 82.8 Å². The summed E-state index contributed by atoms with van der Waals surface area (Å²) < 4.78 is 14.7. The van der Waals surface area contributed by atoms with Crippen molar-refractivity contribution in [2.45, 2.75) is 6.10 Å². The summed E-state index contributed by atoms with van der Waals surface area (Å²) >= 11 is -2.58. The zero-order valence-electron chi connectivity index (χ0n) is 6.09. The predicted octanol–water partition coefficient (Wildman–Crippen LogP) is 0.407. The van der Waals surface area contributed by atoms with Crippen molar-refractivity contribution in [2.75, 3.05) is 19.8 Å². The van der Waals surface area contributed by atoms with E-state index in [1.807, 2.05) is 0 Å². The van der Waals surface area contributed by atoms with Gasteiger partial charge in [-0.25, -0.2) is 0 Å². The Bertz CT molecular complexity index is 160. The van der Waals surface area contributed by atoms with Gasteiger partial charge in [0.1, 0.15) is 0 Å². The summed E-state index contributed by atoms with van der Waals surface area (Å²) in [4.78, 5) is 11.1. The van der Waals surface area contributed by atoms with Gasteiger partial charge in [0, 0.05) is 0 Å². The molecular weight excluding hydrogens is 268 g/mol. The molecule has 0 N–H and O–H groups in total. The maximum absolute atomic E-state index is 11.1. The Morgan fingerprint density at radius 3 is 2.75 bits per heavy atom. The second-order valence-corrected chi connectivity index (χ2v) is 8.03. The number of hydrogen-bond acceptors (Lipinski definition) is 4. The molecule has 0 spiro atoms. The van der Waals surface area contributed by atoms with Crippen molar-refractivity contribution >= 4 is 38.8 Å². The van der Waals surface area contributed by atoms with Crippen LogP contribution in [0, 0.1) is 0 Å². The zero-order chi connectivity index (χ0) is 8.97. The minimum absolute atomic E-state index is 0.220. The van der Waals surface area contributed by atoms with Gasteiger partial charge in [0.2, 0.25) is 0 Å². The molecule has 1 aliphatic heterocycles. The number of carbonyl (C=O) groups is 1. The van der Waals surface area contributed by atoms with E-state index in [4.69, 9.17) is 29.5 Å². The van der Waals surface area contributed by atoms with Crippen LogP contribution in [0.2, 0.25) is 0 Å². The number of rotatable bonds is 2. The topological polar surface area (TPSA) is 44.8 Å². The Morgan fingerprint density at radius 2 is 2.25 bits per heavy atom. The van der Waals surface area contributed by atoms with E-state index >= 15 is 0 Å². The summed E-state index contributed by atoms with van der Waals surface area (Å²) in [6, 6.07) is 0. The third kappa shape index (κ3) is 3.49. The van der Waals surface area contributed by atoms with E-state index in [-0.39, 0.29) is 6.61 Å². The Balaban J connectivity index is 2.30. The van der Waals surface area contributed by atoms with Crippen LogP contribution in [0.5, 0.6) is 0 Å². The number of carbonyl (C=O) groups excluding carboxylic acids is 1. The Kier molecular flexibility index (Phi) is 4.67. The molecule has 0 aliphatic carbocycles. The van der Waals surface area contributed by atoms with Crippen LogP contribution in [-0.4, -0.2) is 44.7 Å². The van der Waals surface area contributed by atoms with E-state index in [9.17, 15) is 4.79 Å². The first-order valence-electron chi connectivity index (χ1n) is 3.29. The van der Waals surface area contributed by atoms with E-state index in [0.29, 0.717) is 13.2 Å². The molecule has 69 valence electrons. The van der Waals surface area contributed by atoms with E-state index in [1.165, 1.54) is 0 Å². The van der Waals surface area contributed by atoms with E-state index in [0.717, 1.165) is 0 Å². The summed E-state index contributed by atoms with van der Waals surface area (Å²) in [5.41, 5.74) is 0. The van der Waals surface area contributed by atoms with Crippen LogP contribution >= 0.6 is 20.0 Å². The van der Waals surface area contributed by atoms with E-state index in [2.05, 4.69) is 3.76 Å². The van der Waals surface area contributed by atoms with Gasteiger partial charge in [0.05, 0.1) is 0 Å². The molecule has 7 heteroatoms. The third-order valence-corrected chi connectivity index (χ3v) is 2.80. The van der Waals surface area contributed by atoms with Gasteiger partial charge in [-0.15, -0.1) is 0 Å². The molecule has 1 heterocycles. The first-order valence-corrected chi connectivity index (χ1v) is 9.66. The molecule has 1 fully saturated rings. The Morgan fingerprint density at radius 1 is 1.50 bits per heavy atom. The van der Waals surface area contributed by atoms with Crippen LogP contribution in [0.1, 0.15) is 0 Å². The molecule has 0 aromatic carbocycles. The summed E-state index contributed by atoms with van der Waals surface area (Å²) in [5, 5.41) is 0. The predicted molar refractivity (Wildman–Crippen MR) is 44.1 cm³/mol. The molecule has 0 aromatic heterocycles. The number of halogens is 2. The molecule has 0 saturated carbocycles. The van der Waals surface area contributed by atoms with Crippen molar-refractivity contribution in [3.05, 3.63) is 0 Å². The summed E-state index contributed by atoms with van der Waals surface area (Å²) in [7, 11) is 10.8. The second kappa shape index (κ2) is 5.29. The fourth-order valence-electron chi connectivity index (χ4n) is 0.766. The van der Waals surface area contributed by atoms with Gasteiger partial charge in [-0.3, -0.25) is 0 Å². The van der Waals surface area contributed by atoms with Gasteiger partial charge in [0.25, 0.3) is 0 Å². The Labute approximate surface area is 82.9 Å². The number of hydrogen-bond donors (Lipinski definition) is 0. The standard InChI is InChI=1S/C5H7Cl2GeO4/c6-8(7)12-5(9)4-3-10-1-2-11-4/h4H,1-3H2. The third-order valence-electron chi connectivity index (χ3n) is 1.26. The van der Waals surface area contributed by atoms with Crippen molar-refractivity contribution in [1.82, 2.24) is 0 Å². The second-order valence-electron chi connectivity index (χ2n) is 2.08. The van der Waals surface area contributed by atoms with Gasteiger partial charge in [0.15, 0.2) is 0 Å². The van der Waals surface area contributed by atoms with Gasteiger partial charge in [-0.05, 0) is 0 Å². The monoisotopic (exact) mass is 275 g/mol. The normalized spacial score (nSPS) is 24.1. The van der Waals surface area contributed by atoms with E-state index in [1.54, 1.807) is 0 Å². The van der Waals surface area contributed by atoms with Crippen LogP contribution in [0.25, 0.3) is 0 Å². The van der Waals surface area contributed by atoms with Crippen molar-refractivity contribution in [2.24, 2.45) is 0 Å². The van der Waals surface area contributed by atoms with Crippen LogP contribution in [-0.2, 0) is 18.0 Å². The summed E-state index contributed by atoms with van der Waals surface area (Å²) in [6.45, 7) is 1.13. The first kappa shape index (κ1) is 10.6. The van der Waals surface area contributed by atoms with Gasteiger partial charge in [-0.1, -0.05) is 0 Å². The maximum atomic E-state index is 11.1. The van der Waals surface area contributed by atoms with Crippen molar-refractivity contribution < 1.29 is 18.0 Å². The molecule has 1 rings (SSSR count). The molecule has 4 nitrogen and oxygen atoms in total. The Hall–Kier alpha value is 0.513. The average Bonchev–Trinajstić information content (AvgIpc) is 2.05. The summed E-state index contributed by atoms with van der Waals surface area (Å²) in [6.07, 6.45) is -0.654. The van der Waals surface area contributed by atoms with Crippen LogP contribution in [0.15, 0.2) is 0 Å². The van der Waals surface area contributed by atoms with E-state index < -0.39 is 24.9 Å². The molecule has 1 saturated heterocycles. The zero-order valence-corrected chi connectivity index (χ0v) is 9.70. The molecule has 1 aliphatic rings. The molecular formula is C5H7Cl2GeO4. The van der Waals surface area contributed by atoms with Gasteiger partial charge < -0.3 is 0 Å². The van der Waals surface area contributed by atoms with Crippen LogP contribution in [0.4, 0.5) is 0 Å². The van der Waals surface area contributed by atoms with Crippen LogP contribution < -0.4 is 0 Å². The molecule has 0 aromatic rings. The van der Waals surface area contributed by atoms with Crippen LogP contribution in [0.3, 0.4) is 0 Å². The van der Waals surface area contributed by atoms with Crippen molar-refractivity contribution in [3.63, 3.8) is 0 Å². The molecule has 1 radical (unpaired) electrons. The summed E-state index contributed by atoms with van der Waals surface area (Å²) in [5.74, 6) is -0.519. The molecule has 0 bridgehead atoms. The minimum atomic E-state index is -2.58. The fourth-order valence-corrected chi connectivity index (χ4v) is 2.15. The first-order chi connectivity index (χ1) is 5.70. The molecule has 12 heavy (non-hydrogen) atoms. The number of ether oxygens (including phenoxy) is 2. The fraction of sp³-hybridized carbons (Fsp3) is 0.800. The average molecular weight is 275 g/mol. The van der Waals surface area contributed by atoms with Gasteiger partial charge in [-0.2, -0.15) is 0 Å². The molecule has 1 unspecified atom stereocenters. The molecule has 0 amide bonds. The van der Waals surface area contributed by atoms with Crippen molar-refractivity contribution in [1.29, 1.82) is 0 Å². The molecule has 1 atom stereocenters. The van der Waals surface area contributed by atoms with Crippen molar-refractivity contribution in [3.8, 4) is 0 Å². The SMILES string of the molecule is O=C([O][Ge]([Cl])[Cl])C1COCCO1.